The van der Waals surface area contributed by atoms with Crippen molar-refractivity contribution in [3.8, 4) is 0 Å². The number of nitrogens with zero attached hydrogens (tertiary/aromatic N) is 4. The molecule has 5 rings (SSSR count). The topological polar surface area (TPSA) is 56.8 Å². The predicted octanol–water partition coefficient (Wildman–Crippen LogP) is 4.11. The standard InChI is InChI=1S/C28H28N4O2/c1-19-10-12-22(13-11-19)25-26(31-17-15-30(16-18-31)24-9-4-5-14-29-24)28(34)32(27(25)33)23-8-6-7-20(2)21(23)3/h4-14H,15-18H2,1-3H3. The fourth-order valence-corrected chi connectivity index (χ4v) is 4.69. The van der Waals surface area contributed by atoms with Crippen molar-refractivity contribution in [3.63, 3.8) is 0 Å². The second-order valence-corrected chi connectivity index (χ2v) is 8.92. The second-order valence-electron chi connectivity index (χ2n) is 8.92. The van der Waals surface area contributed by atoms with Crippen molar-refractivity contribution in [2.45, 2.75) is 20.8 Å². The van der Waals surface area contributed by atoms with Crippen molar-refractivity contribution < 1.29 is 9.59 Å². The van der Waals surface area contributed by atoms with E-state index in [2.05, 4.69) is 14.8 Å². The van der Waals surface area contributed by atoms with E-state index in [1.807, 2.05) is 81.4 Å². The number of amides is 2. The van der Waals surface area contributed by atoms with Gasteiger partial charge < -0.3 is 9.80 Å². The van der Waals surface area contributed by atoms with E-state index >= 15 is 0 Å². The Morgan fingerprint density at radius 1 is 0.735 bits per heavy atom. The molecule has 2 aliphatic heterocycles. The molecule has 0 N–H and O–H groups in total. The second kappa shape index (κ2) is 8.78. The molecule has 1 saturated heterocycles. The van der Waals surface area contributed by atoms with E-state index in [0.717, 1.165) is 41.2 Å². The number of hydrogen-bond donors (Lipinski definition) is 0. The van der Waals surface area contributed by atoms with Crippen LogP contribution in [0.1, 0.15) is 22.3 Å². The van der Waals surface area contributed by atoms with Crippen LogP contribution in [0.2, 0.25) is 0 Å². The van der Waals surface area contributed by atoms with Crippen molar-refractivity contribution in [1.82, 2.24) is 9.88 Å². The van der Waals surface area contributed by atoms with Crippen molar-refractivity contribution >= 4 is 28.9 Å². The first-order valence-corrected chi connectivity index (χ1v) is 11.6. The van der Waals surface area contributed by atoms with Gasteiger partial charge in [0.2, 0.25) is 0 Å². The van der Waals surface area contributed by atoms with E-state index in [0.29, 0.717) is 30.0 Å². The number of aromatic nitrogens is 1. The molecule has 0 unspecified atom stereocenters. The van der Waals surface area contributed by atoms with Gasteiger partial charge in [0.05, 0.1) is 11.3 Å². The predicted molar refractivity (Wildman–Crippen MR) is 135 cm³/mol. The van der Waals surface area contributed by atoms with Crippen molar-refractivity contribution in [1.29, 1.82) is 0 Å². The third-order valence-electron chi connectivity index (χ3n) is 6.79. The van der Waals surface area contributed by atoms with Crippen LogP contribution in [-0.2, 0) is 9.59 Å². The zero-order valence-electron chi connectivity index (χ0n) is 19.8. The molecule has 2 aliphatic rings. The number of carbonyl (C=O) groups is 2. The highest BCUT2D eigenvalue weighted by atomic mass is 16.2. The highest BCUT2D eigenvalue weighted by Gasteiger charge is 2.43. The maximum absolute atomic E-state index is 13.9. The van der Waals surface area contributed by atoms with Gasteiger partial charge in [-0.15, -0.1) is 0 Å². The third kappa shape index (κ3) is 3.75. The molecule has 2 amide bonds. The van der Waals surface area contributed by atoms with Gasteiger partial charge in [0, 0.05) is 32.4 Å². The average Bonchev–Trinajstić information content (AvgIpc) is 3.12. The van der Waals surface area contributed by atoms with E-state index in [9.17, 15) is 9.59 Å². The Bertz CT molecular complexity index is 1270. The minimum atomic E-state index is -0.260. The summed E-state index contributed by atoms with van der Waals surface area (Å²) in [5.41, 5.74) is 5.51. The molecule has 1 aromatic heterocycles. The van der Waals surface area contributed by atoms with Crippen LogP contribution < -0.4 is 9.80 Å². The summed E-state index contributed by atoms with van der Waals surface area (Å²) >= 11 is 0. The Kier molecular flexibility index (Phi) is 5.65. The van der Waals surface area contributed by atoms with Crippen LogP contribution in [0.3, 0.4) is 0 Å². The molecule has 34 heavy (non-hydrogen) atoms. The van der Waals surface area contributed by atoms with Crippen LogP contribution in [-0.4, -0.2) is 47.9 Å². The molecule has 0 atom stereocenters. The summed E-state index contributed by atoms with van der Waals surface area (Å²) in [6.07, 6.45) is 1.79. The summed E-state index contributed by atoms with van der Waals surface area (Å²) in [6, 6.07) is 19.5. The molecule has 3 aromatic rings. The summed E-state index contributed by atoms with van der Waals surface area (Å²) in [5.74, 6) is 0.422. The first-order chi connectivity index (χ1) is 16.5. The maximum atomic E-state index is 13.9. The van der Waals surface area contributed by atoms with Crippen LogP contribution in [0, 0.1) is 20.8 Å². The molecule has 0 saturated carbocycles. The molecular weight excluding hydrogens is 424 g/mol. The Morgan fingerprint density at radius 2 is 1.44 bits per heavy atom. The smallest absolute Gasteiger partial charge is 0.282 e. The number of pyridine rings is 1. The summed E-state index contributed by atoms with van der Waals surface area (Å²) in [6.45, 7) is 8.71. The fraction of sp³-hybridized carbons (Fsp3) is 0.250. The quantitative estimate of drug-likeness (QED) is 0.558. The van der Waals surface area contributed by atoms with Crippen molar-refractivity contribution in [2.75, 3.05) is 36.0 Å². The van der Waals surface area contributed by atoms with Crippen LogP contribution in [0.4, 0.5) is 11.5 Å². The van der Waals surface area contributed by atoms with Gasteiger partial charge in [-0.25, -0.2) is 9.88 Å². The van der Waals surface area contributed by atoms with Gasteiger partial charge in [-0.1, -0.05) is 48.0 Å². The summed E-state index contributed by atoms with van der Waals surface area (Å²) < 4.78 is 0. The number of anilines is 2. The summed E-state index contributed by atoms with van der Waals surface area (Å²) in [5, 5.41) is 0. The normalized spacial score (nSPS) is 16.6. The summed E-state index contributed by atoms with van der Waals surface area (Å²) in [4.78, 5) is 37.8. The van der Waals surface area contributed by atoms with Gasteiger partial charge in [-0.05, 0) is 55.7 Å². The molecular formula is C28H28N4O2. The van der Waals surface area contributed by atoms with Gasteiger partial charge in [0.15, 0.2) is 0 Å². The lowest BCUT2D eigenvalue weighted by molar-refractivity contribution is -0.120. The highest BCUT2D eigenvalue weighted by Crippen LogP contribution is 2.37. The molecule has 2 aromatic carbocycles. The minimum Gasteiger partial charge on any atom is -0.363 e. The molecule has 172 valence electrons. The average molecular weight is 453 g/mol. The minimum absolute atomic E-state index is 0.249. The number of imide groups is 1. The Labute approximate surface area is 200 Å². The van der Waals surface area contributed by atoms with Crippen LogP contribution in [0.25, 0.3) is 5.57 Å². The van der Waals surface area contributed by atoms with Crippen LogP contribution >= 0.6 is 0 Å². The molecule has 0 spiro atoms. The lowest BCUT2D eigenvalue weighted by Gasteiger charge is -2.37. The van der Waals surface area contributed by atoms with E-state index in [1.165, 1.54) is 4.90 Å². The molecule has 3 heterocycles. The van der Waals surface area contributed by atoms with Gasteiger partial charge in [0.25, 0.3) is 11.8 Å². The highest BCUT2D eigenvalue weighted by molar-refractivity contribution is 6.45. The molecule has 0 aliphatic carbocycles. The van der Waals surface area contributed by atoms with E-state index in [4.69, 9.17) is 0 Å². The van der Waals surface area contributed by atoms with Gasteiger partial charge in [-0.3, -0.25) is 9.59 Å². The number of hydrogen-bond acceptors (Lipinski definition) is 5. The third-order valence-corrected chi connectivity index (χ3v) is 6.79. The van der Waals surface area contributed by atoms with Crippen LogP contribution in [0.15, 0.2) is 72.6 Å². The first kappa shape index (κ1) is 21.9. The van der Waals surface area contributed by atoms with Gasteiger partial charge >= 0.3 is 0 Å². The molecule has 1 fully saturated rings. The molecule has 0 radical (unpaired) electrons. The lowest BCUT2D eigenvalue weighted by atomic mass is 10.0. The summed E-state index contributed by atoms with van der Waals surface area (Å²) in [7, 11) is 0. The molecule has 6 nitrogen and oxygen atoms in total. The Morgan fingerprint density at radius 3 is 2.12 bits per heavy atom. The number of piperazine rings is 1. The first-order valence-electron chi connectivity index (χ1n) is 11.6. The number of carbonyl (C=O) groups excluding carboxylic acids is 2. The maximum Gasteiger partial charge on any atom is 0.282 e. The largest absolute Gasteiger partial charge is 0.363 e. The number of rotatable bonds is 4. The SMILES string of the molecule is Cc1ccc(C2=C(N3CCN(c4ccccn4)CC3)C(=O)N(c3cccc(C)c3C)C2=O)cc1. The van der Waals surface area contributed by atoms with Crippen molar-refractivity contribution in [3.05, 3.63) is 94.8 Å². The van der Waals surface area contributed by atoms with E-state index < -0.39 is 0 Å². The lowest BCUT2D eigenvalue weighted by Crippen LogP contribution is -2.48. The monoisotopic (exact) mass is 452 g/mol. The van der Waals surface area contributed by atoms with E-state index in [1.54, 1.807) is 6.20 Å². The van der Waals surface area contributed by atoms with Gasteiger partial charge in [-0.2, -0.15) is 0 Å². The Balaban J connectivity index is 1.53. The number of benzene rings is 2. The van der Waals surface area contributed by atoms with E-state index in [-0.39, 0.29) is 11.8 Å². The molecule has 6 heteroatoms. The fourth-order valence-electron chi connectivity index (χ4n) is 4.69. The zero-order chi connectivity index (χ0) is 23.8. The number of aryl methyl sites for hydroxylation is 2. The van der Waals surface area contributed by atoms with Crippen molar-refractivity contribution in [2.24, 2.45) is 0 Å². The van der Waals surface area contributed by atoms with Crippen LogP contribution in [0.5, 0.6) is 0 Å². The molecule has 0 bridgehead atoms. The Hall–Kier alpha value is -3.93. The zero-order valence-corrected chi connectivity index (χ0v) is 19.8. The van der Waals surface area contributed by atoms with Gasteiger partial charge in [0.1, 0.15) is 11.5 Å².